The van der Waals surface area contributed by atoms with Crippen molar-refractivity contribution in [2.24, 2.45) is 0 Å². The van der Waals surface area contributed by atoms with E-state index in [1.165, 1.54) is 38.5 Å². The van der Waals surface area contributed by atoms with Gasteiger partial charge in [0.2, 0.25) is 0 Å². The minimum atomic E-state index is 1.22. The molecule has 0 unspecified atom stereocenters. The monoisotopic (exact) mass is 180 g/mol. The van der Waals surface area contributed by atoms with Gasteiger partial charge in [-0.1, -0.05) is 13.3 Å². The van der Waals surface area contributed by atoms with Crippen LogP contribution in [0.4, 0.5) is 0 Å². The van der Waals surface area contributed by atoms with E-state index in [9.17, 15) is 0 Å². The van der Waals surface area contributed by atoms with Crippen LogP contribution in [0.5, 0.6) is 0 Å². The predicted molar refractivity (Wildman–Crippen MR) is 55.0 cm³/mol. The van der Waals surface area contributed by atoms with Crippen molar-refractivity contribution in [1.82, 2.24) is 0 Å². The first-order chi connectivity index (χ1) is 5.90. The van der Waals surface area contributed by atoms with E-state index in [-0.39, 0.29) is 0 Å². The molecule has 0 bridgehead atoms. The van der Waals surface area contributed by atoms with E-state index in [2.05, 4.69) is 13.0 Å². The molecule has 0 aromatic carbocycles. The molecule has 0 saturated heterocycles. The summed E-state index contributed by atoms with van der Waals surface area (Å²) in [5, 5.41) is 0. The summed E-state index contributed by atoms with van der Waals surface area (Å²) in [4.78, 5) is 3.27. The van der Waals surface area contributed by atoms with Crippen molar-refractivity contribution < 1.29 is 0 Å². The summed E-state index contributed by atoms with van der Waals surface area (Å²) >= 11 is 2.05. The van der Waals surface area contributed by atoms with Crippen molar-refractivity contribution in [3.8, 4) is 0 Å². The maximum absolute atomic E-state index is 2.44. The van der Waals surface area contributed by atoms with Crippen LogP contribution in [-0.4, -0.2) is 0 Å². The number of rotatable bonds is 1. The number of hydrogen-bond acceptors (Lipinski definition) is 1. The molecule has 0 fully saturated rings. The fraction of sp³-hybridized carbons (Fsp3) is 0.636. The van der Waals surface area contributed by atoms with Crippen LogP contribution >= 0.6 is 11.3 Å². The normalized spacial score (nSPS) is 17.1. The van der Waals surface area contributed by atoms with Gasteiger partial charge in [0.25, 0.3) is 0 Å². The third-order valence-electron chi connectivity index (χ3n) is 2.65. The highest BCUT2D eigenvalue weighted by molar-refractivity contribution is 7.12. The maximum atomic E-state index is 2.44. The lowest BCUT2D eigenvalue weighted by Gasteiger charge is -1.92. The first-order valence-corrected chi connectivity index (χ1v) is 5.82. The van der Waals surface area contributed by atoms with Gasteiger partial charge in [-0.3, -0.25) is 0 Å². The summed E-state index contributed by atoms with van der Waals surface area (Å²) in [5.74, 6) is 0. The summed E-state index contributed by atoms with van der Waals surface area (Å²) in [6.07, 6.45) is 8.16. The van der Waals surface area contributed by atoms with Gasteiger partial charge in [0.05, 0.1) is 0 Å². The zero-order valence-corrected chi connectivity index (χ0v) is 8.54. The molecular formula is C11H16S. The largest absolute Gasteiger partial charge is 0.145 e. The molecule has 0 spiro atoms. The Bertz CT molecular complexity index is 236. The van der Waals surface area contributed by atoms with Crippen molar-refractivity contribution in [2.45, 2.75) is 45.4 Å². The second kappa shape index (κ2) is 3.61. The molecule has 2 rings (SSSR count). The second-order valence-electron chi connectivity index (χ2n) is 3.58. The molecule has 1 aliphatic rings. The average molecular weight is 180 g/mol. The van der Waals surface area contributed by atoms with E-state index < -0.39 is 0 Å². The van der Waals surface area contributed by atoms with Gasteiger partial charge in [0, 0.05) is 9.75 Å². The van der Waals surface area contributed by atoms with Crippen LogP contribution in [0.15, 0.2) is 6.07 Å². The number of fused-ring (bicyclic) bond motifs is 1. The van der Waals surface area contributed by atoms with Crippen LogP contribution in [0.3, 0.4) is 0 Å². The van der Waals surface area contributed by atoms with E-state index in [4.69, 9.17) is 0 Å². The second-order valence-corrected chi connectivity index (χ2v) is 4.80. The van der Waals surface area contributed by atoms with E-state index in [1.807, 2.05) is 11.3 Å². The average Bonchev–Trinajstić information content (AvgIpc) is 2.37. The molecule has 1 aliphatic carbocycles. The van der Waals surface area contributed by atoms with Crippen molar-refractivity contribution in [2.75, 3.05) is 0 Å². The van der Waals surface area contributed by atoms with E-state index in [1.54, 1.807) is 15.3 Å². The van der Waals surface area contributed by atoms with Crippen LogP contribution in [0.1, 0.15) is 41.5 Å². The smallest absolute Gasteiger partial charge is 0.00801 e. The van der Waals surface area contributed by atoms with Crippen LogP contribution < -0.4 is 0 Å². The Balaban J connectivity index is 2.26. The van der Waals surface area contributed by atoms with E-state index >= 15 is 0 Å². The van der Waals surface area contributed by atoms with Gasteiger partial charge in [0.1, 0.15) is 0 Å². The summed E-state index contributed by atoms with van der Waals surface area (Å²) in [5.41, 5.74) is 1.66. The van der Waals surface area contributed by atoms with E-state index in [0.29, 0.717) is 0 Å². The molecule has 1 aromatic heterocycles. The van der Waals surface area contributed by atoms with Gasteiger partial charge >= 0.3 is 0 Å². The Hall–Kier alpha value is -0.300. The lowest BCUT2D eigenvalue weighted by atomic mass is 10.1. The van der Waals surface area contributed by atoms with Crippen molar-refractivity contribution in [1.29, 1.82) is 0 Å². The quantitative estimate of drug-likeness (QED) is 0.579. The minimum absolute atomic E-state index is 1.22. The molecule has 0 nitrogen and oxygen atoms in total. The summed E-state index contributed by atoms with van der Waals surface area (Å²) < 4.78 is 0. The van der Waals surface area contributed by atoms with Crippen molar-refractivity contribution in [3.63, 3.8) is 0 Å². The third kappa shape index (κ3) is 1.56. The fourth-order valence-corrected chi connectivity index (χ4v) is 3.10. The van der Waals surface area contributed by atoms with Crippen LogP contribution in [0.25, 0.3) is 0 Å². The van der Waals surface area contributed by atoms with Crippen molar-refractivity contribution >= 4 is 11.3 Å². The Labute approximate surface area is 78.6 Å². The molecule has 0 amide bonds. The Morgan fingerprint density at radius 2 is 2.08 bits per heavy atom. The fourth-order valence-electron chi connectivity index (χ4n) is 1.90. The molecule has 66 valence electrons. The highest BCUT2D eigenvalue weighted by Crippen LogP contribution is 2.28. The first-order valence-electron chi connectivity index (χ1n) is 5.00. The van der Waals surface area contributed by atoms with Gasteiger partial charge < -0.3 is 0 Å². The molecule has 1 heterocycles. The molecule has 1 heteroatoms. The van der Waals surface area contributed by atoms with Gasteiger partial charge in [-0.15, -0.1) is 11.3 Å². The summed E-state index contributed by atoms with van der Waals surface area (Å²) in [6.45, 7) is 2.26. The van der Waals surface area contributed by atoms with Crippen molar-refractivity contribution in [3.05, 3.63) is 21.4 Å². The molecule has 0 aliphatic heterocycles. The number of aryl methyl sites for hydroxylation is 3. The Kier molecular flexibility index (Phi) is 2.50. The molecule has 0 atom stereocenters. The molecular weight excluding hydrogens is 164 g/mol. The number of hydrogen-bond donors (Lipinski definition) is 0. The summed E-state index contributed by atoms with van der Waals surface area (Å²) in [6, 6.07) is 2.44. The van der Waals surface area contributed by atoms with Gasteiger partial charge in [-0.05, 0) is 43.7 Å². The lowest BCUT2D eigenvalue weighted by molar-refractivity contribution is 0.712. The van der Waals surface area contributed by atoms with Gasteiger partial charge in [-0.2, -0.15) is 0 Å². The zero-order valence-electron chi connectivity index (χ0n) is 7.73. The van der Waals surface area contributed by atoms with Crippen LogP contribution in [0.2, 0.25) is 0 Å². The standard InChI is InChI=1S/C11H16S/c1-2-10-8-9-6-4-3-5-7-11(9)12-10/h8H,2-7H2,1H3. The van der Waals surface area contributed by atoms with Crippen LogP contribution in [-0.2, 0) is 19.3 Å². The van der Waals surface area contributed by atoms with Gasteiger partial charge in [0.15, 0.2) is 0 Å². The molecule has 1 aromatic rings. The molecule has 0 N–H and O–H groups in total. The molecule has 12 heavy (non-hydrogen) atoms. The highest BCUT2D eigenvalue weighted by atomic mass is 32.1. The zero-order chi connectivity index (χ0) is 8.39. The minimum Gasteiger partial charge on any atom is -0.145 e. The number of thiophene rings is 1. The molecule has 0 saturated carbocycles. The van der Waals surface area contributed by atoms with E-state index in [0.717, 1.165) is 0 Å². The topological polar surface area (TPSA) is 0 Å². The first kappa shape index (κ1) is 8.31. The third-order valence-corrected chi connectivity index (χ3v) is 4.03. The SMILES string of the molecule is CCc1cc2c(s1)CCCCC2. The predicted octanol–water partition coefficient (Wildman–Crippen LogP) is 3.58. The molecule has 0 radical (unpaired) electrons. The van der Waals surface area contributed by atoms with Gasteiger partial charge in [-0.25, -0.2) is 0 Å². The maximum Gasteiger partial charge on any atom is 0.00801 e. The highest BCUT2D eigenvalue weighted by Gasteiger charge is 2.10. The lowest BCUT2D eigenvalue weighted by Crippen LogP contribution is -1.80. The summed E-state index contributed by atoms with van der Waals surface area (Å²) in [7, 11) is 0. The Morgan fingerprint density at radius 3 is 2.92 bits per heavy atom. The Morgan fingerprint density at radius 1 is 1.25 bits per heavy atom. The van der Waals surface area contributed by atoms with Crippen LogP contribution in [0, 0.1) is 0 Å².